The van der Waals surface area contributed by atoms with Crippen LogP contribution >= 0.6 is 23.2 Å². The Bertz CT molecular complexity index is 1140. The molecule has 0 radical (unpaired) electrons. The van der Waals surface area contributed by atoms with Crippen LogP contribution < -0.4 is 10.8 Å². The molecule has 1 aliphatic carbocycles. The fourth-order valence-electron chi connectivity index (χ4n) is 4.95. The van der Waals surface area contributed by atoms with Crippen LogP contribution in [0.4, 0.5) is 9.18 Å². The van der Waals surface area contributed by atoms with E-state index in [-0.39, 0.29) is 16.0 Å². The summed E-state index contributed by atoms with van der Waals surface area (Å²) in [4.78, 5) is 18.0. The molecule has 2 aromatic carbocycles. The van der Waals surface area contributed by atoms with Crippen molar-refractivity contribution in [1.29, 1.82) is 5.26 Å². The van der Waals surface area contributed by atoms with Gasteiger partial charge in [0.1, 0.15) is 11.2 Å². The van der Waals surface area contributed by atoms with Crippen molar-refractivity contribution < 1.29 is 18.8 Å². The number of nitrogens with zero attached hydrogens (tertiary/aromatic N) is 1. The zero-order valence-corrected chi connectivity index (χ0v) is 22.0. The summed E-state index contributed by atoms with van der Waals surface area (Å²) in [5.41, 5.74) is 1.63. The Morgan fingerprint density at radius 3 is 2.53 bits per heavy atom. The number of hydroxylamine groups is 1. The van der Waals surface area contributed by atoms with Crippen molar-refractivity contribution in [1.82, 2.24) is 10.8 Å². The highest BCUT2D eigenvalue weighted by Gasteiger charge is 2.60. The summed E-state index contributed by atoms with van der Waals surface area (Å²) in [5.74, 6) is -1.13. The number of hydrogen-bond donors (Lipinski definition) is 2. The quantitative estimate of drug-likeness (QED) is 0.398. The van der Waals surface area contributed by atoms with E-state index in [2.05, 4.69) is 37.6 Å². The van der Waals surface area contributed by atoms with Gasteiger partial charge in [0.25, 0.3) is 0 Å². The Labute approximate surface area is 221 Å². The van der Waals surface area contributed by atoms with Crippen LogP contribution in [-0.2, 0) is 15.0 Å². The SMILES string of the molecule is CC(C)(C)C[C@@H]1N[C@H](OC(=O)NOCC2CC2)[C@H](c2cccc(Cl)c2F)[C@@]1(C#N)c1ccc(Cl)cc1. The van der Waals surface area contributed by atoms with Crippen LogP contribution in [0.15, 0.2) is 42.5 Å². The lowest BCUT2D eigenvalue weighted by Gasteiger charge is -2.37. The fourth-order valence-corrected chi connectivity index (χ4v) is 5.25. The first-order valence-corrected chi connectivity index (χ1v) is 12.8. The number of hydrogen-bond acceptors (Lipinski definition) is 5. The second-order valence-electron chi connectivity index (χ2n) is 10.8. The number of halogens is 3. The van der Waals surface area contributed by atoms with Gasteiger partial charge in [-0.3, -0.25) is 10.2 Å². The van der Waals surface area contributed by atoms with Crippen molar-refractivity contribution >= 4 is 29.3 Å². The third-order valence-electron chi connectivity index (χ3n) is 6.75. The monoisotopic (exact) mass is 533 g/mol. The highest BCUT2D eigenvalue weighted by molar-refractivity contribution is 6.31. The van der Waals surface area contributed by atoms with Gasteiger partial charge in [0.15, 0.2) is 6.23 Å². The maximum atomic E-state index is 15.5. The van der Waals surface area contributed by atoms with Gasteiger partial charge >= 0.3 is 6.09 Å². The van der Waals surface area contributed by atoms with E-state index in [0.717, 1.165) is 12.8 Å². The standard InChI is InChI=1S/C27H30Cl2FN3O3/c1-26(2,3)13-21-27(15-31,17-9-11-18(28)12-10-17)22(19-5-4-6-20(29)23(19)30)24(32-21)36-25(34)33-35-14-16-7-8-16/h4-6,9-12,16,21-22,24,32H,7-8,13-14H2,1-3H3,(H,33,34)/t21-,22-,24+,27-/m0/s1. The van der Waals surface area contributed by atoms with Crippen molar-refractivity contribution in [2.75, 3.05) is 6.61 Å². The Kier molecular flexibility index (Phi) is 7.82. The Morgan fingerprint density at radius 2 is 1.92 bits per heavy atom. The topological polar surface area (TPSA) is 83.4 Å². The largest absolute Gasteiger partial charge is 0.432 e. The van der Waals surface area contributed by atoms with Crippen molar-refractivity contribution in [2.24, 2.45) is 11.3 Å². The van der Waals surface area contributed by atoms with Gasteiger partial charge in [-0.15, -0.1) is 0 Å². The summed E-state index contributed by atoms with van der Waals surface area (Å²) < 4.78 is 21.3. The molecule has 2 aliphatic rings. The van der Waals surface area contributed by atoms with Gasteiger partial charge in [-0.1, -0.05) is 68.2 Å². The van der Waals surface area contributed by atoms with Gasteiger partial charge in [0.05, 0.1) is 23.6 Å². The second-order valence-corrected chi connectivity index (χ2v) is 11.6. The van der Waals surface area contributed by atoms with Crippen LogP contribution in [0.2, 0.25) is 10.0 Å². The zero-order chi connectivity index (χ0) is 26.1. The van der Waals surface area contributed by atoms with Gasteiger partial charge in [-0.2, -0.15) is 10.7 Å². The molecule has 2 N–H and O–H groups in total. The van der Waals surface area contributed by atoms with Crippen LogP contribution in [0.25, 0.3) is 0 Å². The molecular formula is C27H30Cl2FN3O3. The van der Waals surface area contributed by atoms with E-state index >= 15 is 4.39 Å². The summed E-state index contributed by atoms with van der Waals surface area (Å²) in [5, 5.41) is 14.6. The third-order valence-corrected chi connectivity index (χ3v) is 7.30. The summed E-state index contributed by atoms with van der Waals surface area (Å²) in [6, 6.07) is 13.6. The predicted octanol–water partition coefficient (Wildman–Crippen LogP) is 6.48. The van der Waals surface area contributed by atoms with Crippen LogP contribution in [0.3, 0.4) is 0 Å². The minimum Gasteiger partial charge on any atom is -0.428 e. The average Bonchev–Trinajstić information content (AvgIpc) is 3.58. The molecule has 1 aliphatic heterocycles. The van der Waals surface area contributed by atoms with Crippen molar-refractivity contribution in [3.05, 3.63) is 69.5 Å². The highest BCUT2D eigenvalue weighted by Crippen LogP contribution is 2.52. The fraction of sp³-hybridized carbons (Fsp3) is 0.481. The number of ether oxygens (including phenoxy) is 1. The Balaban J connectivity index is 1.79. The van der Waals surface area contributed by atoms with Crippen LogP contribution in [-0.4, -0.2) is 25.0 Å². The van der Waals surface area contributed by atoms with Crippen LogP contribution in [0.5, 0.6) is 0 Å². The number of nitrogens with one attached hydrogen (secondary N) is 2. The molecule has 192 valence electrons. The van der Waals surface area contributed by atoms with E-state index in [1.165, 1.54) is 6.07 Å². The summed E-state index contributed by atoms with van der Waals surface area (Å²) >= 11 is 12.3. The van der Waals surface area contributed by atoms with E-state index in [4.69, 9.17) is 32.8 Å². The summed E-state index contributed by atoms with van der Waals surface area (Å²) in [6.07, 6.45) is 0.820. The number of carbonyl (C=O) groups excluding carboxylic acids is 1. The van der Waals surface area contributed by atoms with Crippen molar-refractivity contribution in [3.8, 4) is 6.07 Å². The summed E-state index contributed by atoms with van der Waals surface area (Å²) in [7, 11) is 0. The van der Waals surface area contributed by atoms with Crippen molar-refractivity contribution in [3.63, 3.8) is 0 Å². The molecule has 4 rings (SSSR count). The number of amides is 1. The van der Waals surface area contributed by atoms with E-state index in [0.29, 0.717) is 29.5 Å². The molecule has 0 aromatic heterocycles. The molecule has 1 amide bonds. The molecule has 0 spiro atoms. The van der Waals surface area contributed by atoms with Gasteiger partial charge in [0, 0.05) is 11.1 Å². The molecule has 2 fully saturated rings. The maximum absolute atomic E-state index is 15.5. The van der Waals surface area contributed by atoms with Gasteiger partial charge < -0.3 is 4.74 Å². The number of carbonyl (C=O) groups is 1. The molecule has 1 saturated heterocycles. The molecular weight excluding hydrogens is 504 g/mol. The number of benzene rings is 2. The minimum absolute atomic E-state index is 0.0781. The van der Waals surface area contributed by atoms with E-state index < -0.39 is 35.5 Å². The molecule has 0 unspecified atom stereocenters. The minimum atomic E-state index is -1.30. The average molecular weight is 534 g/mol. The Hall–Kier alpha value is -2.37. The van der Waals surface area contributed by atoms with Gasteiger partial charge in [-0.05, 0) is 59.9 Å². The number of nitriles is 1. The third kappa shape index (κ3) is 5.63. The first kappa shape index (κ1) is 26.7. The lowest BCUT2D eigenvalue weighted by molar-refractivity contribution is 0.000133. The zero-order valence-electron chi connectivity index (χ0n) is 20.5. The first-order chi connectivity index (χ1) is 17.0. The predicted molar refractivity (Wildman–Crippen MR) is 136 cm³/mol. The van der Waals surface area contributed by atoms with E-state index in [1.807, 2.05) is 0 Å². The van der Waals surface area contributed by atoms with Crippen LogP contribution in [0.1, 0.15) is 57.1 Å². The van der Waals surface area contributed by atoms with Gasteiger partial charge in [-0.25, -0.2) is 9.18 Å². The molecule has 4 atom stereocenters. The molecule has 1 saturated carbocycles. The normalized spacial score (nSPS) is 25.9. The smallest absolute Gasteiger partial charge is 0.428 e. The Morgan fingerprint density at radius 1 is 1.22 bits per heavy atom. The molecule has 2 aromatic rings. The van der Waals surface area contributed by atoms with Crippen molar-refractivity contribution in [2.45, 2.75) is 63.6 Å². The van der Waals surface area contributed by atoms with E-state index in [1.54, 1.807) is 36.4 Å². The van der Waals surface area contributed by atoms with E-state index in [9.17, 15) is 10.1 Å². The summed E-state index contributed by atoms with van der Waals surface area (Å²) in [6.45, 7) is 6.57. The maximum Gasteiger partial charge on any atom is 0.432 e. The molecule has 0 bridgehead atoms. The van der Waals surface area contributed by atoms with Gasteiger partial charge in [0.2, 0.25) is 0 Å². The highest BCUT2D eigenvalue weighted by atomic mass is 35.5. The number of rotatable bonds is 7. The first-order valence-electron chi connectivity index (χ1n) is 12.0. The lowest BCUT2D eigenvalue weighted by atomic mass is 9.64. The van der Waals surface area contributed by atoms with Crippen LogP contribution in [0, 0.1) is 28.5 Å². The molecule has 36 heavy (non-hydrogen) atoms. The second kappa shape index (κ2) is 10.5. The molecule has 6 nitrogen and oxygen atoms in total. The molecule has 9 heteroatoms. The lowest BCUT2D eigenvalue weighted by Crippen LogP contribution is -2.44. The molecule has 1 heterocycles.